The van der Waals surface area contributed by atoms with Gasteiger partial charge in [0.1, 0.15) is 0 Å². The number of aliphatic hydroxyl groups is 1. The molecule has 1 atom stereocenters. The van der Waals surface area contributed by atoms with Crippen molar-refractivity contribution in [2.75, 3.05) is 18.0 Å². The van der Waals surface area contributed by atoms with Gasteiger partial charge >= 0.3 is 0 Å². The Hall–Kier alpha value is -1.85. The number of nitrogens with one attached hydrogen (secondary N) is 2. The summed E-state index contributed by atoms with van der Waals surface area (Å²) in [6, 6.07) is 11.0. The first-order valence-electron chi connectivity index (χ1n) is 7.97. The van der Waals surface area contributed by atoms with Crippen LogP contribution in [0.4, 0.5) is 5.69 Å². The molecule has 0 aliphatic carbocycles. The first kappa shape index (κ1) is 15.1. The molecule has 5 nitrogen and oxygen atoms in total. The van der Waals surface area contributed by atoms with Crippen molar-refractivity contribution in [3.05, 3.63) is 47.8 Å². The van der Waals surface area contributed by atoms with E-state index in [-0.39, 0.29) is 6.10 Å². The largest absolute Gasteiger partial charge is 0.393 e. The number of anilines is 1. The van der Waals surface area contributed by atoms with E-state index in [1.165, 1.54) is 11.3 Å². The number of aromatic amines is 1. The zero-order chi connectivity index (χ0) is 15.4. The lowest BCUT2D eigenvalue weighted by atomic mass is 10.0. The summed E-state index contributed by atoms with van der Waals surface area (Å²) in [6.45, 7) is 4.83. The molecule has 3 rings (SSSR count). The van der Waals surface area contributed by atoms with Crippen LogP contribution in [0, 0.1) is 0 Å². The highest BCUT2D eigenvalue weighted by atomic mass is 16.3. The molecule has 1 unspecified atom stereocenters. The Morgan fingerprint density at radius 2 is 2.00 bits per heavy atom. The van der Waals surface area contributed by atoms with Gasteiger partial charge in [-0.15, -0.1) is 0 Å². The molecule has 0 radical (unpaired) electrons. The summed E-state index contributed by atoms with van der Waals surface area (Å²) in [4.78, 5) is 2.35. The highest BCUT2D eigenvalue weighted by molar-refractivity contribution is 5.48. The van der Waals surface area contributed by atoms with Gasteiger partial charge in [-0.3, -0.25) is 5.10 Å². The molecular formula is C17H24N4O. The van der Waals surface area contributed by atoms with Crippen LogP contribution in [0.3, 0.4) is 0 Å². The van der Waals surface area contributed by atoms with Crippen molar-refractivity contribution in [1.82, 2.24) is 15.5 Å². The molecule has 1 aliphatic heterocycles. The Balaban J connectivity index is 1.56. The molecule has 1 aromatic heterocycles. The number of benzene rings is 1. The van der Waals surface area contributed by atoms with Crippen LogP contribution in [-0.2, 0) is 6.54 Å². The van der Waals surface area contributed by atoms with E-state index >= 15 is 0 Å². The maximum absolute atomic E-state index is 9.59. The number of hydrogen-bond donors (Lipinski definition) is 3. The van der Waals surface area contributed by atoms with Gasteiger partial charge in [-0.1, -0.05) is 12.1 Å². The minimum absolute atomic E-state index is 0.123. The van der Waals surface area contributed by atoms with Gasteiger partial charge in [-0.05, 0) is 43.5 Å². The molecule has 0 amide bonds. The third-order valence-corrected chi connectivity index (χ3v) is 4.38. The lowest BCUT2D eigenvalue weighted by Gasteiger charge is -2.31. The zero-order valence-electron chi connectivity index (χ0n) is 13.0. The second-order valence-electron chi connectivity index (χ2n) is 5.99. The minimum atomic E-state index is -0.123. The van der Waals surface area contributed by atoms with Gasteiger partial charge in [0.15, 0.2) is 0 Å². The normalized spacial score (nSPS) is 17.6. The van der Waals surface area contributed by atoms with E-state index in [4.69, 9.17) is 0 Å². The van der Waals surface area contributed by atoms with Crippen LogP contribution in [-0.4, -0.2) is 34.5 Å². The number of nitrogens with zero attached hydrogens (tertiary/aromatic N) is 2. The van der Waals surface area contributed by atoms with Crippen LogP contribution in [0.5, 0.6) is 0 Å². The molecule has 1 saturated heterocycles. The van der Waals surface area contributed by atoms with Crippen molar-refractivity contribution < 1.29 is 5.11 Å². The molecule has 118 valence electrons. The molecule has 3 N–H and O–H groups in total. The van der Waals surface area contributed by atoms with Gasteiger partial charge in [0, 0.05) is 43.3 Å². The summed E-state index contributed by atoms with van der Waals surface area (Å²) in [5.74, 6) is 0. The van der Waals surface area contributed by atoms with Crippen LogP contribution < -0.4 is 10.2 Å². The fourth-order valence-corrected chi connectivity index (χ4v) is 2.86. The van der Waals surface area contributed by atoms with E-state index in [1.807, 2.05) is 6.07 Å². The zero-order valence-corrected chi connectivity index (χ0v) is 13.0. The van der Waals surface area contributed by atoms with Crippen LogP contribution in [0.1, 0.15) is 37.1 Å². The minimum Gasteiger partial charge on any atom is -0.393 e. The topological polar surface area (TPSA) is 64.2 Å². The quantitative estimate of drug-likeness (QED) is 0.792. The molecule has 1 aromatic carbocycles. The molecule has 0 spiro atoms. The summed E-state index contributed by atoms with van der Waals surface area (Å²) < 4.78 is 0. The molecule has 2 aromatic rings. The molecular weight excluding hydrogens is 276 g/mol. The van der Waals surface area contributed by atoms with Gasteiger partial charge in [-0.2, -0.15) is 5.10 Å². The number of aromatic nitrogens is 2. The first-order valence-corrected chi connectivity index (χ1v) is 7.97. The molecule has 0 bridgehead atoms. The van der Waals surface area contributed by atoms with Crippen molar-refractivity contribution in [1.29, 1.82) is 0 Å². The predicted molar refractivity (Wildman–Crippen MR) is 87.7 cm³/mol. The Labute approximate surface area is 131 Å². The van der Waals surface area contributed by atoms with Crippen LogP contribution in [0.2, 0.25) is 0 Å². The van der Waals surface area contributed by atoms with Crippen molar-refractivity contribution in [3.63, 3.8) is 0 Å². The summed E-state index contributed by atoms with van der Waals surface area (Å²) >= 11 is 0. The van der Waals surface area contributed by atoms with Gasteiger partial charge in [0.25, 0.3) is 0 Å². The first-order chi connectivity index (χ1) is 10.7. The molecule has 0 saturated carbocycles. The summed E-state index contributed by atoms with van der Waals surface area (Å²) in [6.07, 6.45) is 3.38. The summed E-state index contributed by atoms with van der Waals surface area (Å²) in [5.41, 5.74) is 3.62. The second-order valence-corrected chi connectivity index (χ2v) is 5.99. The third kappa shape index (κ3) is 3.67. The Morgan fingerprint density at radius 1 is 1.27 bits per heavy atom. The smallest absolute Gasteiger partial charge is 0.0574 e. The van der Waals surface area contributed by atoms with Gasteiger partial charge in [0.2, 0.25) is 0 Å². The third-order valence-electron chi connectivity index (χ3n) is 4.38. The Morgan fingerprint density at radius 3 is 2.64 bits per heavy atom. The molecule has 1 fully saturated rings. The highest BCUT2D eigenvalue weighted by Crippen LogP contribution is 2.22. The second kappa shape index (κ2) is 6.94. The predicted octanol–water partition coefficient (Wildman–Crippen LogP) is 2.22. The van der Waals surface area contributed by atoms with Crippen molar-refractivity contribution in [2.45, 2.75) is 38.5 Å². The summed E-state index contributed by atoms with van der Waals surface area (Å²) in [7, 11) is 0. The summed E-state index contributed by atoms with van der Waals surface area (Å²) in [5, 5.41) is 20.0. The van der Waals surface area contributed by atoms with Crippen LogP contribution >= 0.6 is 0 Å². The Bertz CT molecular complexity index is 559. The van der Waals surface area contributed by atoms with Gasteiger partial charge in [0.05, 0.1) is 6.10 Å². The number of H-pyrrole nitrogens is 1. The van der Waals surface area contributed by atoms with Crippen LogP contribution in [0.15, 0.2) is 36.5 Å². The standard InChI is InChI=1S/C17H24N4O/c1-13(18-12-15-6-9-19-20-15)14-2-4-16(5-3-14)21-10-7-17(22)8-11-21/h2-6,9,13,17-18,22H,7-8,10-12H2,1H3,(H,19,20). The van der Waals surface area contributed by atoms with Crippen LogP contribution in [0.25, 0.3) is 0 Å². The molecule has 22 heavy (non-hydrogen) atoms. The average molecular weight is 300 g/mol. The molecule has 5 heteroatoms. The number of rotatable bonds is 5. The van der Waals surface area contributed by atoms with E-state index in [0.29, 0.717) is 6.04 Å². The number of aliphatic hydroxyl groups excluding tert-OH is 1. The van der Waals surface area contributed by atoms with Crippen molar-refractivity contribution in [2.24, 2.45) is 0 Å². The van der Waals surface area contributed by atoms with E-state index in [1.54, 1.807) is 6.20 Å². The SMILES string of the molecule is CC(NCc1ccn[nH]1)c1ccc(N2CCC(O)CC2)cc1. The van der Waals surface area contributed by atoms with E-state index in [0.717, 1.165) is 38.2 Å². The number of piperidine rings is 1. The monoisotopic (exact) mass is 300 g/mol. The highest BCUT2D eigenvalue weighted by Gasteiger charge is 2.17. The Kier molecular flexibility index (Phi) is 4.75. The van der Waals surface area contributed by atoms with E-state index in [9.17, 15) is 5.11 Å². The lowest BCUT2D eigenvalue weighted by molar-refractivity contribution is 0.145. The lowest BCUT2D eigenvalue weighted by Crippen LogP contribution is -2.35. The maximum atomic E-state index is 9.59. The average Bonchev–Trinajstić information content (AvgIpc) is 3.07. The van der Waals surface area contributed by atoms with Gasteiger partial charge < -0.3 is 15.3 Å². The number of hydrogen-bond acceptors (Lipinski definition) is 4. The fraction of sp³-hybridized carbons (Fsp3) is 0.471. The van der Waals surface area contributed by atoms with Crippen molar-refractivity contribution >= 4 is 5.69 Å². The van der Waals surface area contributed by atoms with Crippen molar-refractivity contribution in [3.8, 4) is 0 Å². The fourth-order valence-electron chi connectivity index (χ4n) is 2.86. The van der Waals surface area contributed by atoms with E-state index in [2.05, 4.69) is 51.6 Å². The molecule has 1 aliphatic rings. The molecule has 2 heterocycles. The van der Waals surface area contributed by atoms with E-state index < -0.39 is 0 Å². The maximum Gasteiger partial charge on any atom is 0.0574 e. The van der Waals surface area contributed by atoms with Gasteiger partial charge in [-0.25, -0.2) is 0 Å².